The zero-order chi connectivity index (χ0) is 13.5. The van der Waals surface area contributed by atoms with Crippen LogP contribution in [0.15, 0.2) is 22.7 Å². The minimum atomic E-state index is -0.526. The summed E-state index contributed by atoms with van der Waals surface area (Å²) >= 11 is 5.90. The van der Waals surface area contributed by atoms with E-state index in [1.54, 1.807) is 12.1 Å². The Labute approximate surface area is 126 Å². The Morgan fingerprint density at radius 2 is 2.00 bits per heavy atom. The Kier molecular flexibility index (Phi) is 4.32. The number of hydrogen-bond acceptors (Lipinski definition) is 4. The largest absolute Gasteiger partial charge is 0.334 e. The lowest BCUT2D eigenvalue weighted by atomic mass is 9.99. The molecular formula is C13H14Cl2FN3O. The maximum atomic E-state index is 13.4. The second-order valence-electron chi connectivity index (χ2n) is 4.89. The Morgan fingerprint density at radius 3 is 2.70 bits per heavy atom. The average Bonchev–Trinajstić information content (AvgIpc) is 3.02. The third kappa shape index (κ3) is 2.53. The minimum absolute atomic E-state index is 0. The highest BCUT2D eigenvalue weighted by Gasteiger charge is 2.36. The molecule has 0 saturated heterocycles. The van der Waals surface area contributed by atoms with Gasteiger partial charge in [-0.1, -0.05) is 35.7 Å². The molecule has 1 heterocycles. The Hall–Kier alpha value is -1.17. The zero-order valence-electron chi connectivity index (χ0n) is 10.6. The lowest BCUT2D eigenvalue weighted by Crippen LogP contribution is -2.34. The van der Waals surface area contributed by atoms with Crippen LogP contribution >= 0.6 is 24.0 Å². The standard InChI is InChI=1S/C13H13ClFN3O.ClH/c14-10-8(4-3-5-9(10)15)11-17-12(18-19-11)13(16)6-1-2-7-13;/h3-5H,1-2,6-7,16H2;1H. The SMILES string of the molecule is Cl.NC1(c2noc(-c3cccc(F)c3Cl)n2)CCCC1. The van der Waals surface area contributed by atoms with Gasteiger partial charge in [0.15, 0.2) is 5.82 Å². The molecule has 7 heteroatoms. The van der Waals surface area contributed by atoms with Gasteiger partial charge in [0, 0.05) is 0 Å². The van der Waals surface area contributed by atoms with E-state index in [1.165, 1.54) is 6.07 Å². The van der Waals surface area contributed by atoms with Crippen LogP contribution in [-0.2, 0) is 5.54 Å². The molecule has 3 rings (SSSR count). The van der Waals surface area contributed by atoms with E-state index in [-0.39, 0.29) is 23.3 Å². The third-order valence-electron chi connectivity index (χ3n) is 3.55. The van der Waals surface area contributed by atoms with Crippen LogP contribution in [0.4, 0.5) is 4.39 Å². The van der Waals surface area contributed by atoms with Crippen LogP contribution in [0, 0.1) is 5.82 Å². The second kappa shape index (κ2) is 5.68. The molecule has 0 bridgehead atoms. The summed E-state index contributed by atoms with van der Waals surface area (Å²) in [7, 11) is 0. The number of hydrogen-bond donors (Lipinski definition) is 1. The van der Waals surface area contributed by atoms with Gasteiger partial charge in [0.1, 0.15) is 5.82 Å². The van der Waals surface area contributed by atoms with Crippen LogP contribution < -0.4 is 5.73 Å². The highest BCUT2D eigenvalue weighted by atomic mass is 35.5. The molecule has 1 aromatic carbocycles. The second-order valence-corrected chi connectivity index (χ2v) is 5.27. The maximum Gasteiger partial charge on any atom is 0.259 e. The number of rotatable bonds is 2. The number of nitrogens with zero attached hydrogens (tertiary/aromatic N) is 2. The monoisotopic (exact) mass is 317 g/mol. The van der Waals surface area contributed by atoms with Gasteiger partial charge in [0.2, 0.25) is 0 Å². The summed E-state index contributed by atoms with van der Waals surface area (Å²) in [6, 6.07) is 4.47. The molecule has 1 aliphatic rings. The topological polar surface area (TPSA) is 64.9 Å². The Morgan fingerprint density at radius 1 is 1.30 bits per heavy atom. The van der Waals surface area contributed by atoms with Crippen LogP contribution in [0.25, 0.3) is 11.5 Å². The van der Waals surface area contributed by atoms with Gasteiger partial charge in [-0.2, -0.15) is 4.98 Å². The molecule has 0 atom stereocenters. The van der Waals surface area contributed by atoms with Gasteiger partial charge in [-0.25, -0.2) is 4.39 Å². The summed E-state index contributed by atoms with van der Waals surface area (Å²) < 4.78 is 18.6. The molecule has 1 saturated carbocycles. The van der Waals surface area contributed by atoms with Gasteiger partial charge < -0.3 is 10.3 Å². The molecular weight excluding hydrogens is 304 g/mol. The smallest absolute Gasteiger partial charge is 0.259 e. The highest BCUT2D eigenvalue weighted by Crippen LogP contribution is 2.36. The number of aromatic nitrogens is 2. The molecule has 20 heavy (non-hydrogen) atoms. The molecule has 2 N–H and O–H groups in total. The molecule has 0 aliphatic heterocycles. The maximum absolute atomic E-state index is 13.4. The van der Waals surface area contributed by atoms with Gasteiger partial charge in [0.05, 0.1) is 16.1 Å². The first kappa shape index (κ1) is 15.2. The van der Waals surface area contributed by atoms with Gasteiger partial charge >= 0.3 is 0 Å². The fourth-order valence-corrected chi connectivity index (χ4v) is 2.64. The van der Waals surface area contributed by atoms with Gasteiger partial charge in [0.25, 0.3) is 5.89 Å². The first-order chi connectivity index (χ1) is 9.10. The predicted octanol–water partition coefficient (Wildman–Crippen LogP) is 3.68. The van der Waals surface area contributed by atoms with Crippen LogP contribution in [0.1, 0.15) is 31.5 Å². The van der Waals surface area contributed by atoms with Crippen LogP contribution in [0.2, 0.25) is 5.02 Å². The van der Waals surface area contributed by atoms with Crippen molar-refractivity contribution in [2.24, 2.45) is 5.73 Å². The molecule has 1 aromatic heterocycles. The third-order valence-corrected chi connectivity index (χ3v) is 3.93. The molecule has 0 unspecified atom stereocenters. The number of nitrogens with two attached hydrogens (primary N) is 1. The van der Waals surface area contributed by atoms with Gasteiger partial charge in [-0.3, -0.25) is 0 Å². The number of halogens is 3. The highest BCUT2D eigenvalue weighted by molar-refractivity contribution is 6.33. The summed E-state index contributed by atoms with van der Waals surface area (Å²) in [6.45, 7) is 0. The van der Waals surface area contributed by atoms with Crippen molar-refractivity contribution in [1.29, 1.82) is 0 Å². The van der Waals surface area contributed by atoms with Crippen molar-refractivity contribution >= 4 is 24.0 Å². The molecule has 4 nitrogen and oxygen atoms in total. The molecule has 0 radical (unpaired) electrons. The van der Waals surface area contributed by atoms with E-state index < -0.39 is 11.4 Å². The van der Waals surface area contributed by atoms with Gasteiger partial charge in [-0.15, -0.1) is 12.4 Å². The zero-order valence-corrected chi connectivity index (χ0v) is 12.2. The Bertz CT molecular complexity index is 611. The minimum Gasteiger partial charge on any atom is -0.334 e. The fourth-order valence-electron chi connectivity index (χ4n) is 2.43. The number of benzene rings is 1. The van der Waals surface area contributed by atoms with Crippen molar-refractivity contribution in [3.8, 4) is 11.5 Å². The van der Waals surface area contributed by atoms with E-state index in [0.717, 1.165) is 25.7 Å². The first-order valence-electron chi connectivity index (χ1n) is 6.18. The van der Waals surface area contributed by atoms with Gasteiger partial charge in [-0.05, 0) is 25.0 Å². The van der Waals surface area contributed by atoms with Crippen LogP contribution in [0.3, 0.4) is 0 Å². The quantitative estimate of drug-likeness (QED) is 0.917. The van der Waals surface area contributed by atoms with Crippen molar-refractivity contribution < 1.29 is 8.91 Å². The van der Waals surface area contributed by atoms with Crippen LogP contribution in [0.5, 0.6) is 0 Å². The summed E-state index contributed by atoms with van der Waals surface area (Å²) in [5.74, 6) is 0.166. The molecule has 0 spiro atoms. The summed E-state index contributed by atoms with van der Waals surface area (Å²) in [4.78, 5) is 4.28. The molecule has 1 aliphatic carbocycles. The summed E-state index contributed by atoms with van der Waals surface area (Å²) in [6.07, 6.45) is 3.79. The predicted molar refractivity (Wildman–Crippen MR) is 76.3 cm³/mol. The lowest BCUT2D eigenvalue weighted by molar-refractivity contribution is 0.372. The summed E-state index contributed by atoms with van der Waals surface area (Å²) in [5, 5.41) is 3.91. The van der Waals surface area contributed by atoms with Crippen LogP contribution in [-0.4, -0.2) is 10.1 Å². The Balaban J connectivity index is 0.00000147. The molecule has 108 valence electrons. The average molecular weight is 318 g/mol. The van der Waals surface area contributed by atoms with E-state index >= 15 is 0 Å². The van der Waals surface area contributed by atoms with Crippen molar-refractivity contribution in [1.82, 2.24) is 10.1 Å². The van der Waals surface area contributed by atoms with E-state index in [9.17, 15) is 4.39 Å². The lowest BCUT2D eigenvalue weighted by Gasteiger charge is -2.17. The van der Waals surface area contributed by atoms with E-state index in [1.807, 2.05) is 0 Å². The van der Waals surface area contributed by atoms with E-state index in [4.69, 9.17) is 21.9 Å². The summed E-state index contributed by atoms with van der Waals surface area (Å²) in [5.41, 5.74) is 6.11. The fraction of sp³-hybridized carbons (Fsp3) is 0.385. The van der Waals surface area contributed by atoms with E-state index in [0.29, 0.717) is 11.4 Å². The molecule has 2 aromatic rings. The molecule has 1 fully saturated rings. The molecule has 0 amide bonds. The van der Waals surface area contributed by atoms with Crippen molar-refractivity contribution in [3.05, 3.63) is 34.9 Å². The first-order valence-corrected chi connectivity index (χ1v) is 6.55. The van der Waals surface area contributed by atoms with Crippen molar-refractivity contribution in [3.63, 3.8) is 0 Å². The van der Waals surface area contributed by atoms with Crippen molar-refractivity contribution in [2.45, 2.75) is 31.2 Å². The van der Waals surface area contributed by atoms with Crippen molar-refractivity contribution in [2.75, 3.05) is 0 Å². The normalized spacial score (nSPS) is 16.9. The van der Waals surface area contributed by atoms with E-state index in [2.05, 4.69) is 10.1 Å².